The Labute approximate surface area is 109 Å². The Kier molecular flexibility index (Phi) is 4.15. The van der Waals surface area contributed by atoms with Gasteiger partial charge in [-0.25, -0.2) is 0 Å². The highest BCUT2D eigenvalue weighted by molar-refractivity contribution is 5.20. The molecule has 1 atom stereocenters. The summed E-state index contributed by atoms with van der Waals surface area (Å²) in [6.45, 7) is 8.26. The zero-order valence-electron chi connectivity index (χ0n) is 11.4. The number of hydrogen-bond donors (Lipinski definition) is 1. The van der Waals surface area contributed by atoms with Gasteiger partial charge in [-0.15, -0.1) is 0 Å². The molecule has 18 heavy (non-hydrogen) atoms. The molecule has 2 aromatic rings. The van der Waals surface area contributed by atoms with E-state index in [1.54, 1.807) is 0 Å². The highest BCUT2D eigenvalue weighted by Crippen LogP contribution is 2.15. The van der Waals surface area contributed by atoms with Crippen LogP contribution in [-0.4, -0.2) is 16.1 Å². The lowest BCUT2D eigenvalue weighted by molar-refractivity contribution is 0.551. The Balaban J connectivity index is 2.20. The zero-order valence-corrected chi connectivity index (χ0v) is 11.4. The quantitative estimate of drug-likeness (QED) is 0.875. The van der Waals surface area contributed by atoms with Crippen LogP contribution in [0.15, 0.2) is 36.7 Å². The van der Waals surface area contributed by atoms with Crippen LogP contribution in [0.5, 0.6) is 0 Å². The summed E-state index contributed by atoms with van der Waals surface area (Å²) < 4.78 is 2.27. The predicted octanol–water partition coefficient (Wildman–Crippen LogP) is 2.91. The maximum atomic E-state index is 4.46. The molecule has 0 saturated heterocycles. The van der Waals surface area contributed by atoms with E-state index in [0.717, 1.165) is 18.8 Å². The van der Waals surface area contributed by atoms with Crippen molar-refractivity contribution in [2.75, 3.05) is 6.54 Å². The first-order valence-corrected chi connectivity index (χ1v) is 6.51. The van der Waals surface area contributed by atoms with Gasteiger partial charge in [0.25, 0.3) is 0 Å². The van der Waals surface area contributed by atoms with Gasteiger partial charge in [0.2, 0.25) is 0 Å². The van der Waals surface area contributed by atoms with Crippen LogP contribution in [-0.2, 0) is 6.54 Å². The molecule has 96 valence electrons. The summed E-state index contributed by atoms with van der Waals surface area (Å²) in [5, 5.41) is 3.45. The summed E-state index contributed by atoms with van der Waals surface area (Å²) in [6.07, 6.45) is 3.98. The van der Waals surface area contributed by atoms with Crippen molar-refractivity contribution in [2.45, 2.75) is 33.4 Å². The second kappa shape index (κ2) is 5.83. The van der Waals surface area contributed by atoms with Crippen LogP contribution in [0, 0.1) is 6.92 Å². The average molecular weight is 243 g/mol. The van der Waals surface area contributed by atoms with Gasteiger partial charge in [-0.1, -0.05) is 13.0 Å². The van der Waals surface area contributed by atoms with Crippen LogP contribution in [0.2, 0.25) is 0 Å². The summed E-state index contributed by atoms with van der Waals surface area (Å²) >= 11 is 0. The van der Waals surface area contributed by atoms with Crippen LogP contribution in [0.3, 0.4) is 0 Å². The Morgan fingerprint density at radius 2 is 2.17 bits per heavy atom. The smallest absolute Gasteiger partial charge is 0.0648 e. The number of hydrogen-bond acceptors (Lipinski definition) is 2. The second-order valence-electron chi connectivity index (χ2n) is 4.61. The molecule has 0 aliphatic rings. The van der Waals surface area contributed by atoms with E-state index in [9.17, 15) is 0 Å². The van der Waals surface area contributed by atoms with Crippen molar-refractivity contribution < 1.29 is 0 Å². The predicted molar refractivity (Wildman–Crippen MR) is 74.6 cm³/mol. The van der Waals surface area contributed by atoms with E-state index in [1.807, 2.05) is 12.3 Å². The average Bonchev–Trinajstić information content (AvgIpc) is 2.81. The first-order valence-electron chi connectivity index (χ1n) is 6.51. The normalized spacial score (nSPS) is 12.6. The molecule has 0 aliphatic heterocycles. The first kappa shape index (κ1) is 12.8. The number of nitrogens with one attached hydrogen (secondary N) is 1. The van der Waals surface area contributed by atoms with Gasteiger partial charge in [-0.2, -0.15) is 0 Å². The van der Waals surface area contributed by atoms with E-state index in [-0.39, 0.29) is 0 Å². The SMILES string of the molecule is CCNC(C)c1cccn1Cc1ncccc1C. The molecule has 0 spiro atoms. The first-order chi connectivity index (χ1) is 8.72. The van der Waals surface area contributed by atoms with Crippen LogP contribution in [0.25, 0.3) is 0 Å². The number of nitrogens with zero attached hydrogens (tertiary/aromatic N) is 2. The Morgan fingerprint density at radius 1 is 1.33 bits per heavy atom. The van der Waals surface area contributed by atoms with Gasteiger partial charge in [0.1, 0.15) is 0 Å². The van der Waals surface area contributed by atoms with Crippen molar-refractivity contribution in [2.24, 2.45) is 0 Å². The second-order valence-corrected chi connectivity index (χ2v) is 4.61. The minimum Gasteiger partial charge on any atom is -0.344 e. The van der Waals surface area contributed by atoms with Crippen LogP contribution >= 0.6 is 0 Å². The summed E-state index contributed by atoms with van der Waals surface area (Å²) in [5.41, 5.74) is 3.69. The number of aromatic nitrogens is 2. The Morgan fingerprint density at radius 3 is 2.89 bits per heavy atom. The molecular weight excluding hydrogens is 222 g/mol. The van der Waals surface area contributed by atoms with Crippen molar-refractivity contribution in [1.82, 2.24) is 14.9 Å². The van der Waals surface area contributed by atoms with Gasteiger partial charge in [0.15, 0.2) is 0 Å². The molecule has 3 heteroatoms. The molecule has 2 heterocycles. The molecular formula is C15H21N3. The van der Waals surface area contributed by atoms with E-state index in [2.05, 4.69) is 60.0 Å². The van der Waals surface area contributed by atoms with E-state index in [4.69, 9.17) is 0 Å². The van der Waals surface area contributed by atoms with E-state index >= 15 is 0 Å². The lowest BCUT2D eigenvalue weighted by Crippen LogP contribution is -2.21. The lowest BCUT2D eigenvalue weighted by Gasteiger charge is -2.16. The van der Waals surface area contributed by atoms with Gasteiger partial charge in [0.05, 0.1) is 12.2 Å². The number of aryl methyl sites for hydroxylation is 1. The molecule has 2 rings (SSSR count). The number of rotatable bonds is 5. The Bertz CT molecular complexity index is 502. The van der Waals surface area contributed by atoms with Crippen molar-refractivity contribution in [3.63, 3.8) is 0 Å². The molecule has 0 aromatic carbocycles. The van der Waals surface area contributed by atoms with E-state index in [0.29, 0.717) is 6.04 Å². The molecule has 0 saturated carbocycles. The van der Waals surface area contributed by atoms with Crippen molar-refractivity contribution in [3.8, 4) is 0 Å². The highest BCUT2D eigenvalue weighted by Gasteiger charge is 2.10. The molecule has 0 bridgehead atoms. The third-order valence-electron chi connectivity index (χ3n) is 3.26. The van der Waals surface area contributed by atoms with Crippen LogP contribution in [0.4, 0.5) is 0 Å². The molecule has 2 aromatic heterocycles. The minimum atomic E-state index is 0.369. The highest BCUT2D eigenvalue weighted by atomic mass is 15.0. The summed E-state index contributed by atoms with van der Waals surface area (Å²) in [7, 11) is 0. The molecule has 1 unspecified atom stereocenters. The van der Waals surface area contributed by atoms with E-state index in [1.165, 1.54) is 11.3 Å². The van der Waals surface area contributed by atoms with Gasteiger partial charge in [-0.3, -0.25) is 4.98 Å². The summed E-state index contributed by atoms with van der Waals surface area (Å²) in [5.74, 6) is 0. The lowest BCUT2D eigenvalue weighted by atomic mass is 10.2. The maximum Gasteiger partial charge on any atom is 0.0648 e. The largest absolute Gasteiger partial charge is 0.344 e. The monoisotopic (exact) mass is 243 g/mol. The molecule has 0 amide bonds. The molecule has 0 radical (unpaired) electrons. The fourth-order valence-electron chi connectivity index (χ4n) is 2.22. The Hall–Kier alpha value is -1.61. The van der Waals surface area contributed by atoms with Crippen LogP contribution in [0.1, 0.15) is 36.8 Å². The molecule has 3 nitrogen and oxygen atoms in total. The third-order valence-corrected chi connectivity index (χ3v) is 3.26. The van der Waals surface area contributed by atoms with Crippen molar-refractivity contribution in [3.05, 3.63) is 53.6 Å². The zero-order chi connectivity index (χ0) is 13.0. The van der Waals surface area contributed by atoms with Crippen molar-refractivity contribution >= 4 is 0 Å². The fraction of sp³-hybridized carbons (Fsp3) is 0.400. The molecule has 0 fully saturated rings. The topological polar surface area (TPSA) is 29.9 Å². The third kappa shape index (κ3) is 2.79. The van der Waals surface area contributed by atoms with Gasteiger partial charge in [0, 0.05) is 24.1 Å². The summed E-state index contributed by atoms with van der Waals surface area (Å²) in [6, 6.07) is 8.73. The summed E-state index contributed by atoms with van der Waals surface area (Å²) in [4.78, 5) is 4.46. The fourth-order valence-corrected chi connectivity index (χ4v) is 2.22. The van der Waals surface area contributed by atoms with Gasteiger partial charge < -0.3 is 9.88 Å². The number of pyridine rings is 1. The maximum absolute atomic E-state index is 4.46. The van der Waals surface area contributed by atoms with Crippen LogP contribution < -0.4 is 5.32 Å². The molecule has 0 aliphatic carbocycles. The van der Waals surface area contributed by atoms with Crippen molar-refractivity contribution in [1.29, 1.82) is 0 Å². The van der Waals surface area contributed by atoms with Gasteiger partial charge in [-0.05, 0) is 44.2 Å². The standard InChI is InChI=1S/C15H21N3/c1-4-16-13(3)15-8-6-10-18(15)11-14-12(2)7-5-9-17-14/h5-10,13,16H,4,11H2,1-3H3. The minimum absolute atomic E-state index is 0.369. The van der Waals surface area contributed by atoms with E-state index < -0.39 is 0 Å². The molecule has 1 N–H and O–H groups in total. The van der Waals surface area contributed by atoms with Gasteiger partial charge >= 0.3 is 0 Å².